The van der Waals surface area contributed by atoms with E-state index in [2.05, 4.69) is 60.7 Å². The molecule has 0 saturated carbocycles. The summed E-state index contributed by atoms with van der Waals surface area (Å²) in [6, 6.07) is 4.61. The molecule has 0 aromatic carbocycles. The van der Waals surface area contributed by atoms with E-state index in [-0.39, 0.29) is 0 Å². The van der Waals surface area contributed by atoms with Gasteiger partial charge in [0.05, 0.1) is 0 Å². The van der Waals surface area contributed by atoms with Crippen molar-refractivity contribution in [2.24, 2.45) is 0 Å². The first kappa shape index (κ1) is 16.2. The Bertz CT molecular complexity index is 690. The molecule has 0 spiro atoms. The number of hydrogen-bond acceptors (Lipinski definition) is 5. The van der Waals surface area contributed by atoms with E-state index in [0.717, 1.165) is 41.3 Å². The summed E-state index contributed by atoms with van der Waals surface area (Å²) in [5.41, 5.74) is 2.21. The smallest absolute Gasteiger partial charge is 0.132 e. The van der Waals surface area contributed by atoms with Crippen LogP contribution in [-0.4, -0.2) is 41.1 Å². The van der Waals surface area contributed by atoms with Gasteiger partial charge < -0.3 is 9.80 Å². The van der Waals surface area contributed by atoms with E-state index in [1.807, 2.05) is 19.2 Å². The molecule has 1 fully saturated rings. The van der Waals surface area contributed by atoms with Crippen molar-refractivity contribution >= 4 is 27.6 Å². The molecule has 1 atom stereocenters. The van der Waals surface area contributed by atoms with Crippen LogP contribution in [0.25, 0.3) is 0 Å². The number of hydrogen-bond donors (Lipinski definition) is 0. The summed E-state index contributed by atoms with van der Waals surface area (Å²) in [7, 11) is 2.12. The van der Waals surface area contributed by atoms with Crippen molar-refractivity contribution < 1.29 is 0 Å². The molecule has 3 heterocycles. The maximum atomic E-state index is 4.62. The van der Waals surface area contributed by atoms with E-state index in [4.69, 9.17) is 0 Å². The van der Waals surface area contributed by atoms with Gasteiger partial charge in [-0.1, -0.05) is 0 Å². The van der Waals surface area contributed by atoms with E-state index in [9.17, 15) is 0 Å². The Morgan fingerprint density at radius 1 is 1.22 bits per heavy atom. The largest absolute Gasteiger partial charge is 0.355 e. The van der Waals surface area contributed by atoms with Gasteiger partial charge >= 0.3 is 0 Å². The summed E-state index contributed by atoms with van der Waals surface area (Å²) in [5, 5.41) is 0. The highest BCUT2D eigenvalue weighted by Crippen LogP contribution is 2.26. The Morgan fingerprint density at radius 3 is 2.78 bits per heavy atom. The predicted octanol–water partition coefficient (Wildman–Crippen LogP) is 3.36. The fraction of sp³-hybridized carbons (Fsp3) is 0.471. The molecule has 2 aromatic rings. The van der Waals surface area contributed by atoms with Crippen molar-refractivity contribution in [2.45, 2.75) is 32.7 Å². The van der Waals surface area contributed by atoms with Gasteiger partial charge in [0.25, 0.3) is 0 Å². The number of likely N-dealkylation sites (N-methyl/N-ethyl adjacent to an activating group) is 1. The van der Waals surface area contributed by atoms with Crippen molar-refractivity contribution in [3.8, 4) is 0 Å². The van der Waals surface area contributed by atoms with Gasteiger partial charge in [-0.2, -0.15) is 0 Å². The zero-order valence-corrected chi connectivity index (χ0v) is 15.4. The van der Waals surface area contributed by atoms with Crippen LogP contribution in [0.1, 0.15) is 24.1 Å². The lowest BCUT2D eigenvalue weighted by molar-refractivity contribution is 0.482. The van der Waals surface area contributed by atoms with Gasteiger partial charge in [0.2, 0.25) is 0 Å². The first-order chi connectivity index (χ1) is 11.0. The minimum absolute atomic E-state index is 0.433. The average Bonchev–Trinajstić information content (AvgIpc) is 2.54. The molecule has 2 aromatic heterocycles. The molecule has 122 valence electrons. The lowest BCUT2D eigenvalue weighted by atomic mass is 10.0. The molecule has 23 heavy (non-hydrogen) atoms. The maximum absolute atomic E-state index is 4.62. The van der Waals surface area contributed by atoms with Gasteiger partial charge in [-0.25, -0.2) is 15.0 Å². The van der Waals surface area contributed by atoms with Crippen molar-refractivity contribution in [1.82, 2.24) is 15.0 Å². The van der Waals surface area contributed by atoms with E-state index in [1.165, 1.54) is 12.0 Å². The number of piperidine rings is 1. The molecule has 1 unspecified atom stereocenters. The van der Waals surface area contributed by atoms with Crippen LogP contribution in [0.5, 0.6) is 0 Å². The van der Waals surface area contributed by atoms with Crippen molar-refractivity contribution in [1.29, 1.82) is 0 Å². The fourth-order valence-corrected chi connectivity index (χ4v) is 3.59. The number of anilines is 2. The van der Waals surface area contributed by atoms with Gasteiger partial charge in [0.1, 0.15) is 18.0 Å². The Labute approximate surface area is 145 Å². The van der Waals surface area contributed by atoms with Crippen molar-refractivity contribution in [3.63, 3.8) is 0 Å². The summed E-state index contributed by atoms with van der Waals surface area (Å²) < 4.78 is 1.03. The number of nitrogens with zero attached hydrogens (tertiary/aromatic N) is 5. The summed E-state index contributed by atoms with van der Waals surface area (Å²) >= 11 is 3.49. The standard InChI is InChI=1S/C17H22BrN5/c1-12-7-14(18)9-19-17(12)23-6-4-5-15(10-23)22(3)16-8-13(2)20-11-21-16/h7-9,11,15H,4-6,10H2,1-3H3. The molecule has 1 aliphatic heterocycles. The van der Waals surface area contributed by atoms with Crippen LogP contribution in [0.2, 0.25) is 0 Å². The van der Waals surface area contributed by atoms with Crippen LogP contribution in [0.4, 0.5) is 11.6 Å². The molecule has 1 aliphatic rings. The molecule has 0 N–H and O–H groups in total. The van der Waals surface area contributed by atoms with Crippen LogP contribution < -0.4 is 9.80 Å². The SMILES string of the molecule is Cc1cc(N(C)C2CCCN(c3ncc(Br)cc3C)C2)ncn1. The van der Waals surface area contributed by atoms with E-state index in [0.29, 0.717) is 6.04 Å². The summed E-state index contributed by atoms with van der Waals surface area (Å²) in [6.07, 6.45) is 5.85. The van der Waals surface area contributed by atoms with Crippen LogP contribution in [0.15, 0.2) is 29.1 Å². The van der Waals surface area contributed by atoms with Crippen LogP contribution in [0.3, 0.4) is 0 Å². The average molecular weight is 376 g/mol. The lowest BCUT2D eigenvalue weighted by Gasteiger charge is -2.39. The number of pyridine rings is 1. The topological polar surface area (TPSA) is 45.2 Å². The summed E-state index contributed by atoms with van der Waals surface area (Å²) in [5.74, 6) is 2.08. The lowest BCUT2D eigenvalue weighted by Crippen LogP contribution is -2.47. The highest BCUT2D eigenvalue weighted by atomic mass is 79.9. The maximum Gasteiger partial charge on any atom is 0.132 e. The predicted molar refractivity (Wildman–Crippen MR) is 97.1 cm³/mol. The van der Waals surface area contributed by atoms with Gasteiger partial charge in [0.15, 0.2) is 0 Å². The molecule has 0 amide bonds. The number of aromatic nitrogens is 3. The van der Waals surface area contributed by atoms with Crippen LogP contribution in [-0.2, 0) is 0 Å². The molecule has 3 rings (SSSR count). The quantitative estimate of drug-likeness (QED) is 0.822. The van der Waals surface area contributed by atoms with Gasteiger partial charge in [-0.05, 0) is 54.2 Å². The van der Waals surface area contributed by atoms with Crippen LogP contribution >= 0.6 is 15.9 Å². The van der Waals surface area contributed by atoms with E-state index >= 15 is 0 Å². The zero-order valence-electron chi connectivity index (χ0n) is 13.8. The molecule has 6 heteroatoms. The second kappa shape index (κ2) is 6.83. The Hall–Kier alpha value is -1.69. The first-order valence-corrected chi connectivity index (χ1v) is 8.72. The van der Waals surface area contributed by atoms with Crippen LogP contribution in [0, 0.1) is 13.8 Å². The molecule has 5 nitrogen and oxygen atoms in total. The number of rotatable bonds is 3. The Kier molecular flexibility index (Phi) is 4.80. The molecule has 0 aliphatic carbocycles. The molecule has 1 saturated heterocycles. The third-order valence-electron chi connectivity index (χ3n) is 4.41. The third-order valence-corrected chi connectivity index (χ3v) is 4.85. The summed E-state index contributed by atoms with van der Waals surface area (Å²) in [6.45, 7) is 6.15. The van der Waals surface area contributed by atoms with E-state index < -0.39 is 0 Å². The molecule has 0 bridgehead atoms. The van der Waals surface area contributed by atoms with Crippen molar-refractivity contribution in [3.05, 3.63) is 40.4 Å². The summed E-state index contributed by atoms with van der Waals surface area (Å²) in [4.78, 5) is 17.9. The van der Waals surface area contributed by atoms with Gasteiger partial charge in [0, 0.05) is 48.6 Å². The second-order valence-corrected chi connectivity index (χ2v) is 7.08. The molecule has 0 radical (unpaired) electrons. The van der Waals surface area contributed by atoms with Gasteiger partial charge in [-0.3, -0.25) is 0 Å². The highest BCUT2D eigenvalue weighted by Gasteiger charge is 2.25. The normalized spacial score (nSPS) is 18.1. The first-order valence-electron chi connectivity index (χ1n) is 7.93. The third kappa shape index (κ3) is 3.63. The molecular formula is C17H22BrN5. The highest BCUT2D eigenvalue weighted by molar-refractivity contribution is 9.10. The Balaban J connectivity index is 1.77. The minimum Gasteiger partial charge on any atom is -0.355 e. The number of halogens is 1. The Morgan fingerprint density at radius 2 is 2.04 bits per heavy atom. The van der Waals surface area contributed by atoms with E-state index in [1.54, 1.807) is 6.33 Å². The monoisotopic (exact) mass is 375 g/mol. The number of aryl methyl sites for hydroxylation is 2. The minimum atomic E-state index is 0.433. The van der Waals surface area contributed by atoms with Gasteiger partial charge in [-0.15, -0.1) is 0 Å². The fourth-order valence-electron chi connectivity index (χ4n) is 3.15. The second-order valence-electron chi connectivity index (χ2n) is 6.16. The zero-order chi connectivity index (χ0) is 16.4. The van der Waals surface area contributed by atoms with Crippen molar-refractivity contribution in [2.75, 3.05) is 29.9 Å². The molecular weight excluding hydrogens is 354 g/mol.